The van der Waals surface area contributed by atoms with Gasteiger partial charge in [0.25, 0.3) is 21.5 Å². The maximum absolute atomic E-state index is 13.3. The van der Waals surface area contributed by atoms with Crippen LogP contribution >= 0.6 is 0 Å². The van der Waals surface area contributed by atoms with Crippen molar-refractivity contribution in [2.24, 2.45) is 5.92 Å². The fraction of sp³-hybridized carbons (Fsp3) is 0.333. The second-order valence-corrected chi connectivity index (χ2v) is 11.6. The van der Waals surface area contributed by atoms with Crippen molar-refractivity contribution in [3.05, 3.63) is 87.8 Å². The van der Waals surface area contributed by atoms with E-state index in [1.807, 2.05) is 61.2 Å². The number of carbonyl (C=O) groups excluding carboxylic acids is 1. The van der Waals surface area contributed by atoms with E-state index in [2.05, 4.69) is 4.72 Å². The summed E-state index contributed by atoms with van der Waals surface area (Å²) in [5, 5.41) is 0. The van der Waals surface area contributed by atoms with Crippen LogP contribution in [-0.2, 0) is 16.6 Å². The van der Waals surface area contributed by atoms with Gasteiger partial charge < -0.3 is 14.4 Å². The molecule has 1 amide bonds. The smallest absolute Gasteiger partial charge is 0.275 e. The molecule has 2 aromatic carbocycles. The molecule has 188 valence electrons. The zero-order valence-corrected chi connectivity index (χ0v) is 21.5. The highest BCUT2D eigenvalue weighted by Crippen LogP contribution is 2.36. The largest absolute Gasteiger partial charge is 0.378 e. The average molecular weight is 507 g/mol. The van der Waals surface area contributed by atoms with Gasteiger partial charge in [-0.2, -0.15) is 0 Å². The van der Waals surface area contributed by atoms with E-state index in [4.69, 9.17) is 0 Å². The Labute approximate surface area is 211 Å². The maximum atomic E-state index is 13.3. The standard InChI is InChI=1S/C27H30N4O4S/c1-18-4-10-23(11-5-18)36(34,35)28-24-12-13-25-21-14-19(16-31(25)27(24)33)15-30(17-21)26(32)20-6-8-22(9-7-20)29(2)3/h4-13,19,21,28H,14-17H2,1-3H3/t19-,21+/m0/s1. The van der Waals surface area contributed by atoms with Gasteiger partial charge in [0.1, 0.15) is 5.69 Å². The van der Waals surface area contributed by atoms with E-state index in [1.54, 1.807) is 22.8 Å². The molecule has 9 heteroatoms. The number of amides is 1. The Hall–Kier alpha value is -3.59. The van der Waals surface area contributed by atoms with Crippen LogP contribution in [0.4, 0.5) is 11.4 Å². The molecule has 3 heterocycles. The quantitative estimate of drug-likeness (QED) is 0.574. The predicted octanol–water partition coefficient (Wildman–Crippen LogP) is 3.28. The first-order chi connectivity index (χ1) is 17.1. The van der Waals surface area contributed by atoms with Gasteiger partial charge in [-0.15, -0.1) is 0 Å². The Bertz CT molecular complexity index is 1460. The topological polar surface area (TPSA) is 91.7 Å². The number of fused-ring (bicyclic) bond motifs is 4. The molecular weight excluding hydrogens is 476 g/mol. The zero-order valence-electron chi connectivity index (χ0n) is 20.6. The number of carbonyl (C=O) groups is 1. The molecule has 0 saturated carbocycles. The molecule has 0 aliphatic carbocycles. The van der Waals surface area contributed by atoms with Crippen molar-refractivity contribution < 1.29 is 13.2 Å². The molecular formula is C27H30N4O4S. The molecule has 36 heavy (non-hydrogen) atoms. The van der Waals surface area contributed by atoms with Crippen molar-refractivity contribution in [2.75, 3.05) is 36.8 Å². The first-order valence-electron chi connectivity index (χ1n) is 12.0. The molecule has 2 bridgehead atoms. The Kier molecular flexibility index (Phi) is 6.12. The highest BCUT2D eigenvalue weighted by Gasteiger charge is 2.37. The number of piperidine rings is 1. The van der Waals surface area contributed by atoms with Crippen LogP contribution < -0.4 is 15.2 Å². The van der Waals surface area contributed by atoms with E-state index < -0.39 is 10.0 Å². The average Bonchev–Trinajstić information content (AvgIpc) is 2.85. The molecule has 1 N–H and O–H groups in total. The zero-order chi connectivity index (χ0) is 25.6. The molecule has 0 radical (unpaired) electrons. The van der Waals surface area contributed by atoms with E-state index in [9.17, 15) is 18.0 Å². The summed E-state index contributed by atoms with van der Waals surface area (Å²) >= 11 is 0. The normalized spacial score (nSPS) is 18.9. The van der Waals surface area contributed by atoms with Crippen molar-refractivity contribution in [2.45, 2.75) is 30.7 Å². The summed E-state index contributed by atoms with van der Waals surface area (Å²) in [5.74, 6) is 0.147. The maximum Gasteiger partial charge on any atom is 0.275 e. The number of aromatic nitrogens is 1. The summed E-state index contributed by atoms with van der Waals surface area (Å²) in [6.45, 7) is 3.43. The summed E-state index contributed by atoms with van der Waals surface area (Å²) in [4.78, 5) is 30.5. The molecule has 0 spiro atoms. The van der Waals surface area contributed by atoms with Crippen LogP contribution in [0.2, 0.25) is 0 Å². The van der Waals surface area contributed by atoms with Gasteiger partial charge in [-0.1, -0.05) is 17.7 Å². The number of aryl methyl sites for hydroxylation is 1. The lowest BCUT2D eigenvalue weighted by Crippen LogP contribution is -2.49. The number of nitrogens with one attached hydrogen (secondary N) is 1. The number of hydrogen-bond acceptors (Lipinski definition) is 5. The van der Waals surface area contributed by atoms with Gasteiger partial charge in [0, 0.05) is 56.6 Å². The first kappa shape index (κ1) is 24.1. The number of nitrogens with zero attached hydrogens (tertiary/aromatic N) is 3. The number of pyridine rings is 1. The lowest BCUT2D eigenvalue weighted by molar-refractivity contribution is 0.0594. The van der Waals surface area contributed by atoms with E-state index in [1.165, 1.54) is 12.1 Å². The third-order valence-electron chi connectivity index (χ3n) is 7.10. The molecule has 8 nitrogen and oxygen atoms in total. The van der Waals surface area contributed by atoms with Crippen molar-refractivity contribution in [1.29, 1.82) is 0 Å². The molecule has 0 unspecified atom stereocenters. The monoisotopic (exact) mass is 506 g/mol. The Morgan fingerprint density at radius 2 is 1.64 bits per heavy atom. The Morgan fingerprint density at radius 1 is 0.944 bits per heavy atom. The van der Waals surface area contributed by atoms with Crippen LogP contribution in [-0.4, -0.2) is 51.0 Å². The minimum atomic E-state index is -3.88. The van der Waals surface area contributed by atoms with Crippen molar-refractivity contribution in [1.82, 2.24) is 9.47 Å². The van der Waals surface area contributed by atoms with Gasteiger partial charge in [0.2, 0.25) is 0 Å². The van der Waals surface area contributed by atoms with Gasteiger partial charge >= 0.3 is 0 Å². The lowest BCUT2D eigenvalue weighted by atomic mass is 9.83. The number of benzene rings is 2. The summed E-state index contributed by atoms with van der Waals surface area (Å²) in [5.41, 5.74) is 3.16. The van der Waals surface area contributed by atoms with E-state index in [0.717, 1.165) is 23.4 Å². The van der Waals surface area contributed by atoms with Crippen LogP contribution in [0.25, 0.3) is 0 Å². The van der Waals surface area contributed by atoms with Gasteiger partial charge in [0.15, 0.2) is 0 Å². The van der Waals surface area contributed by atoms with Gasteiger partial charge in [-0.05, 0) is 67.8 Å². The summed E-state index contributed by atoms with van der Waals surface area (Å²) < 4.78 is 29.8. The van der Waals surface area contributed by atoms with E-state index in [-0.39, 0.29) is 33.9 Å². The van der Waals surface area contributed by atoms with Crippen LogP contribution in [0.1, 0.15) is 34.0 Å². The molecule has 3 aromatic rings. The van der Waals surface area contributed by atoms with Crippen LogP contribution in [0, 0.1) is 12.8 Å². The number of sulfonamides is 1. The SMILES string of the molecule is Cc1ccc(S(=O)(=O)Nc2ccc3n(c2=O)C[C@H]2C[C@@H]3CN(C(=O)c3ccc(N(C)C)cc3)C2)cc1. The summed E-state index contributed by atoms with van der Waals surface area (Å²) in [6, 6.07) is 17.4. The molecule has 2 aliphatic rings. The first-order valence-corrected chi connectivity index (χ1v) is 13.5. The lowest BCUT2D eigenvalue weighted by Gasteiger charge is -2.43. The number of hydrogen-bond donors (Lipinski definition) is 1. The van der Waals surface area contributed by atoms with E-state index in [0.29, 0.717) is 25.2 Å². The fourth-order valence-corrected chi connectivity index (χ4v) is 6.25. The molecule has 1 aromatic heterocycles. The molecule has 1 fully saturated rings. The Morgan fingerprint density at radius 3 is 2.31 bits per heavy atom. The summed E-state index contributed by atoms with van der Waals surface area (Å²) in [6.07, 6.45) is 0.900. The minimum absolute atomic E-state index is 0.00622. The Balaban J connectivity index is 1.37. The van der Waals surface area contributed by atoms with Crippen molar-refractivity contribution >= 4 is 27.3 Å². The second kappa shape index (κ2) is 9.13. The number of rotatable bonds is 5. The highest BCUT2D eigenvalue weighted by atomic mass is 32.2. The third-order valence-corrected chi connectivity index (χ3v) is 8.48. The highest BCUT2D eigenvalue weighted by molar-refractivity contribution is 7.92. The van der Waals surface area contributed by atoms with Crippen LogP contribution in [0.15, 0.2) is 70.4 Å². The summed E-state index contributed by atoms with van der Waals surface area (Å²) in [7, 11) is 0.0423. The van der Waals surface area contributed by atoms with E-state index >= 15 is 0 Å². The molecule has 2 aliphatic heterocycles. The van der Waals surface area contributed by atoms with Crippen LogP contribution in [0.3, 0.4) is 0 Å². The van der Waals surface area contributed by atoms with Gasteiger partial charge in [0.05, 0.1) is 4.90 Å². The molecule has 1 saturated heterocycles. The molecule has 2 atom stereocenters. The van der Waals surface area contributed by atoms with Gasteiger partial charge in [-0.3, -0.25) is 14.3 Å². The number of anilines is 2. The number of likely N-dealkylation sites (tertiary alicyclic amines) is 1. The van der Waals surface area contributed by atoms with Crippen LogP contribution in [0.5, 0.6) is 0 Å². The fourth-order valence-electron chi connectivity index (χ4n) is 5.20. The second-order valence-electron chi connectivity index (χ2n) is 9.96. The minimum Gasteiger partial charge on any atom is -0.378 e. The predicted molar refractivity (Wildman–Crippen MR) is 140 cm³/mol. The van der Waals surface area contributed by atoms with Crippen molar-refractivity contribution in [3.63, 3.8) is 0 Å². The third kappa shape index (κ3) is 4.51. The van der Waals surface area contributed by atoms with Crippen molar-refractivity contribution in [3.8, 4) is 0 Å². The molecule has 5 rings (SSSR count). The van der Waals surface area contributed by atoms with Gasteiger partial charge in [-0.25, -0.2) is 8.42 Å².